The lowest BCUT2D eigenvalue weighted by Gasteiger charge is -2.10. The summed E-state index contributed by atoms with van der Waals surface area (Å²) >= 11 is 5.95. The summed E-state index contributed by atoms with van der Waals surface area (Å²) in [6, 6.07) is 12.5. The van der Waals surface area contributed by atoms with Gasteiger partial charge in [0.2, 0.25) is 0 Å². The average Bonchev–Trinajstić information content (AvgIpc) is 2.48. The number of benzene rings is 2. The first-order valence-corrected chi connectivity index (χ1v) is 6.41. The minimum Gasteiger partial charge on any atom is -0.456 e. The molecule has 0 saturated heterocycles. The molecule has 0 amide bonds. The number of aromatic nitrogens is 1. The largest absolute Gasteiger partial charge is 0.456 e. The fourth-order valence-electron chi connectivity index (χ4n) is 1.99. The minimum atomic E-state index is 0.441. The molecule has 0 unspecified atom stereocenters. The Morgan fingerprint density at radius 1 is 1.10 bits per heavy atom. The molecule has 1 aromatic heterocycles. The molecule has 0 radical (unpaired) electrons. The Morgan fingerprint density at radius 3 is 2.85 bits per heavy atom. The molecule has 0 saturated carbocycles. The third kappa shape index (κ3) is 2.36. The zero-order valence-corrected chi connectivity index (χ0v) is 11.2. The van der Waals surface area contributed by atoms with E-state index in [0.29, 0.717) is 22.1 Å². The van der Waals surface area contributed by atoms with Gasteiger partial charge in [0.05, 0.1) is 5.56 Å². The van der Waals surface area contributed by atoms with Gasteiger partial charge in [-0.25, -0.2) is 0 Å². The van der Waals surface area contributed by atoms with Gasteiger partial charge in [0, 0.05) is 34.3 Å². The number of aldehydes is 1. The zero-order valence-electron chi connectivity index (χ0n) is 10.4. The predicted octanol–water partition coefficient (Wildman–Crippen LogP) is 4.49. The summed E-state index contributed by atoms with van der Waals surface area (Å²) in [4.78, 5) is 15.1. The maximum absolute atomic E-state index is 11.1. The van der Waals surface area contributed by atoms with Crippen LogP contribution in [-0.2, 0) is 0 Å². The van der Waals surface area contributed by atoms with Crippen LogP contribution in [0.1, 0.15) is 10.4 Å². The molecule has 0 bridgehead atoms. The van der Waals surface area contributed by atoms with Crippen LogP contribution in [0.15, 0.2) is 54.9 Å². The first-order valence-electron chi connectivity index (χ1n) is 6.03. The van der Waals surface area contributed by atoms with Crippen LogP contribution in [0.2, 0.25) is 5.02 Å². The van der Waals surface area contributed by atoms with Crippen LogP contribution in [0.5, 0.6) is 11.5 Å². The molecule has 1 heterocycles. The lowest BCUT2D eigenvalue weighted by molar-refractivity contribution is 0.112. The second kappa shape index (κ2) is 5.31. The van der Waals surface area contributed by atoms with E-state index in [2.05, 4.69) is 4.98 Å². The highest BCUT2D eigenvalue weighted by Crippen LogP contribution is 2.32. The van der Waals surface area contributed by atoms with E-state index in [0.717, 1.165) is 17.1 Å². The highest BCUT2D eigenvalue weighted by molar-refractivity contribution is 6.30. The Morgan fingerprint density at radius 2 is 2.00 bits per heavy atom. The number of hydrogen-bond donors (Lipinski definition) is 0. The molecule has 0 N–H and O–H groups in total. The van der Waals surface area contributed by atoms with Gasteiger partial charge in [0.25, 0.3) is 0 Å². The molecule has 0 atom stereocenters. The van der Waals surface area contributed by atoms with Crippen LogP contribution in [0, 0.1) is 0 Å². The fourth-order valence-corrected chi connectivity index (χ4v) is 2.16. The van der Waals surface area contributed by atoms with Crippen molar-refractivity contribution in [2.45, 2.75) is 0 Å². The smallest absolute Gasteiger partial charge is 0.153 e. The van der Waals surface area contributed by atoms with Gasteiger partial charge in [-0.05, 0) is 24.3 Å². The second-order valence-corrected chi connectivity index (χ2v) is 4.69. The van der Waals surface area contributed by atoms with E-state index in [9.17, 15) is 4.79 Å². The summed E-state index contributed by atoms with van der Waals surface area (Å²) in [6.45, 7) is 0. The van der Waals surface area contributed by atoms with Gasteiger partial charge in [-0.3, -0.25) is 9.78 Å². The number of hydrogen-bond acceptors (Lipinski definition) is 3. The predicted molar refractivity (Wildman–Crippen MR) is 78.7 cm³/mol. The third-order valence-corrected chi connectivity index (χ3v) is 3.20. The molecule has 0 fully saturated rings. The van der Waals surface area contributed by atoms with Crippen LogP contribution >= 0.6 is 11.6 Å². The summed E-state index contributed by atoms with van der Waals surface area (Å²) in [5.41, 5.74) is 0.459. The van der Waals surface area contributed by atoms with E-state index in [4.69, 9.17) is 16.3 Å². The lowest BCUT2D eigenvalue weighted by Crippen LogP contribution is -1.91. The van der Waals surface area contributed by atoms with E-state index in [1.165, 1.54) is 0 Å². The number of fused-ring (bicyclic) bond motifs is 1. The van der Waals surface area contributed by atoms with Gasteiger partial charge in [-0.1, -0.05) is 23.7 Å². The highest BCUT2D eigenvalue weighted by atomic mass is 35.5. The quantitative estimate of drug-likeness (QED) is 0.665. The summed E-state index contributed by atoms with van der Waals surface area (Å²) in [7, 11) is 0. The fraction of sp³-hybridized carbons (Fsp3) is 0. The van der Waals surface area contributed by atoms with Crippen molar-refractivity contribution in [2.24, 2.45) is 0 Å². The Labute approximate surface area is 120 Å². The first kappa shape index (κ1) is 12.6. The number of carbonyl (C=O) groups excluding carboxylic acids is 1. The number of carbonyl (C=O) groups is 1. The highest BCUT2D eigenvalue weighted by Gasteiger charge is 2.08. The molecule has 2 aromatic carbocycles. The molecular weight excluding hydrogens is 274 g/mol. The van der Waals surface area contributed by atoms with Gasteiger partial charge >= 0.3 is 0 Å². The summed E-state index contributed by atoms with van der Waals surface area (Å²) in [5.74, 6) is 1.10. The van der Waals surface area contributed by atoms with E-state index >= 15 is 0 Å². The minimum absolute atomic E-state index is 0.441. The van der Waals surface area contributed by atoms with Crippen LogP contribution < -0.4 is 4.74 Å². The molecule has 0 spiro atoms. The van der Waals surface area contributed by atoms with Gasteiger partial charge in [0.1, 0.15) is 11.5 Å². The maximum atomic E-state index is 11.1. The van der Waals surface area contributed by atoms with Gasteiger partial charge in [-0.15, -0.1) is 0 Å². The van der Waals surface area contributed by atoms with Crippen LogP contribution in [-0.4, -0.2) is 11.3 Å². The SMILES string of the molecule is O=Cc1ccc(Cl)cc1Oc1cccc2cnccc12. The monoisotopic (exact) mass is 283 g/mol. The Kier molecular flexibility index (Phi) is 3.35. The molecule has 0 aliphatic heterocycles. The average molecular weight is 284 g/mol. The van der Waals surface area contributed by atoms with Crippen molar-refractivity contribution in [1.29, 1.82) is 0 Å². The number of halogens is 1. The molecule has 3 aromatic rings. The van der Waals surface area contributed by atoms with E-state index < -0.39 is 0 Å². The molecular formula is C16H10ClNO2. The topological polar surface area (TPSA) is 39.2 Å². The van der Waals surface area contributed by atoms with E-state index in [1.807, 2.05) is 24.3 Å². The summed E-state index contributed by atoms with van der Waals surface area (Å²) in [6.07, 6.45) is 4.22. The van der Waals surface area contributed by atoms with Gasteiger partial charge in [0.15, 0.2) is 6.29 Å². The van der Waals surface area contributed by atoms with Crippen molar-refractivity contribution in [1.82, 2.24) is 4.98 Å². The molecule has 0 aliphatic rings. The molecule has 98 valence electrons. The first-order chi connectivity index (χ1) is 9.78. The molecule has 4 heteroatoms. The van der Waals surface area contributed by atoms with E-state index in [-0.39, 0.29) is 0 Å². The standard InChI is InChI=1S/C16H10ClNO2/c17-13-5-4-12(10-19)16(8-13)20-15-3-1-2-11-9-18-7-6-14(11)15/h1-10H. The molecule has 3 nitrogen and oxygen atoms in total. The van der Waals surface area contributed by atoms with Gasteiger partial charge < -0.3 is 4.74 Å². The van der Waals surface area contributed by atoms with Crippen molar-refractivity contribution in [3.8, 4) is 11.5 Å². The number of ether oxygens (including phenoxy) is 1. The van der Waals surface area contributed by atoms with Crippen LogP contribution in [0.25, 0.3) is 10.8 Å². The van der Waals surface area contributed by atoms with Crippen LogP contribution in [0.4, 0.5) is 0 Å². The van der Waals surface area contributed by atoms with Crippen molar-refractivity contribution in [3.63, 3.8) is 0 Å². The summed E-state index contributed by atoms with van der Waals surface area (Å²) < 4.78 is 5.85. The number of pyridine rings is 1. The number of nitrogens with zero attached hydrogens (tertiary/aromatic N) is 1. The summed E-state index contributed by atoms with van der Waals surface area (Å²) in [5, 5.41) is 2.42. The maximum Gasteiger partial charge on any atom is 0.153 e. The lowest BCUT2D eigenvalue weighted by atomic mass is 10.1. The van der Waals surface area contributed by atoms with Crippen molar-refractivity contribution in [3.05, 3.63) is 65.4 Å². The molecule has 3 rings (SSSR count). The molecule has 20 heavy (non-hydrogen) atoms. The van der Waals surface area contributed by atoms with Crippen molar-refractivity contribution >= 4 is 28.7 Å². The Hall–Kier alpha value is -2.39. The number of rotatable bonds is 3. The van der Waals surface area contributed by atoms with Gasteiger partial charge in [-0.2, -0.15) is 0 Å². The van der Waals surface area contributed by atoms with Crippen LogP contribution in [0.3, 0.4) is 0 Å². The zero-order chi connectivity index (χ0) is 13.9. The van der Waals surface area contributed by atoms with Crippen molar-refractivity contribution < 1.29 is 9.53 Å². The Balaban J connectivity index is 2.10. The third-order valence-electron chi connectivity index (χ3n) is 2.96. The molecule has 0 aliphatic carbocycles. The normalized spacial score (nSPS) is 10.4. The van der Waals surface area contributed by atoms with Crippen molar-refractivity contribution in [2.75, 3.05) is 0 Å². The second-order valence-electron chi connectivity index (χ2n) is 4.26. The Bertz CT molecular complexity index is 781. The van der Waals surface area contributed by atoms with E-state index in [1.54, 1.807) is 30.6 Å².